The van der Waals surface area contributed by atoms with Crippen LogP contribution in [0.1, 0.15) is 5.56 Å². The molecule has 1 aliphatic heterocycles. The van der Waals surface area contributed by atoms with Crippen LogP contribution in [0, 0.1) is 6.92 Å². The van der Waals surface area contributed by atoms with Gasteiger partial charge in [0.2, 0.25) is 0 Å². The summed E-state index contributed by atoms with van der Waals surface area (Å²) in [5, 5.41) is 1.28. The molecule has 1 aromatic heterocycles. The Morgan fingerprint density at radius 3 is 2.57 bits per heavy atom. The van der Waals surface area contributed by atoms with Gasteiger partial charge in [-0.25, -0.2) is 10.9 Å². The smallest absolute Gasteiger partial charge is 0.0952 e. The molecule has 2 aromatic carbocycles. The van der Waals surface area contributed by atoms with Crippen LogP contribution in [0.4, 0.5) is 0 Å². The highest BCUT2D eigenvalue weighted by atomic mass is 32.2. The number of aryl methyl sites for hydroxylation is 1. The maximum atomic E-state index is 3.59. The van der Waals surface area contributed by atoms with E-state index in [-0.39, 0.29) is 6.17 Å². The molecule has 0 saturated carbocycles. The SMILES string of the molecule is Cc1ccc2[nH]c(-c3ccccc3)c(SCC3NNNN3)c2c1. The van der Waals surface area contributed by atoms with Crippen LogP contribution in [0.2, 0.25) is 0 Å². The Labute approximate surface area is 139 Å². The molecule has 1 fully saturated rings. The van der Waals surface area contributed by atoms with Gasteiger partial charge in [-0.2, -0.15) is 11.1 Å². The van der Waals surface area contributed by atoms with Crippen LogP contribution in [-0.4, -0.2) is 16.9 Å². The van der Waals surface area contributed by atoms with Gasteiger partial charge in [0.05, 0.1) is 11.9 Å². The van der Waals surface area contributed by atoms with E-state index in [9.17, 15) is 0 Å². The van der Waals surface area contributed by atoms with Gasteiger partial charge < -0.3 is 4.98 Å². The Hall–Kier alpha value is -1.83. The Kier molecular flexibility index (Phi) is 4.07. The molecule has 118 valence electrons. The summed E-state index contributed by atoms with van der Waals surface area (Å²) in [5.41, 5.74) is 16.9. The zero-order chi connectivity index (χ0) is 15.6. The summed E-state index contributed by atoms with van der Waals surface area (Å²) < 4.78 is 0. The van der Waals surface area contributed by atoms with E-state index in [0.717, 1.165) is 5.75 Å². The van der Waals surface area contributed by atoms with Gasteiger partial charge in [0.1, 0.15) is 0 Å². The summed E-state index contributed by atoms with van der Waals surface area (Å²) in [6.07, 6.45) is 0.179. The Morgan fingerprint density at radius 1 is 1.00 bits per heavy atom. The first-order valence-electron chi connectivity index (χ1n) is 7.63. The minimum absolute atomic E-state index is 0.179. The number of hydrogen-bond acceptors (Lipinski definition) is 5. The first kappa shape index (κ1) is 14.7. The fourth-order valence-electron chi connectivity index (χ4n) is 2.77. The predicted octanol–water partition coefficient (Wildman–Crippen LogP) is 2.68. The molecule has 0 amide bonds. The number of rotatable bonds is 4. The standard InChI is InChI=1S/C17H19N5S/c1-11-7-8-14-13(9-11)17(23-10-15-19-21-22-20-15)16(18-14)12-5-3-2-4-6-12/h2-9,15,18-22H,10H2,1H3. The Bertz CT molecular complexity index is 808. The third-order valence-electron chi connectivity index (χ3n) is 3.92. The van der Waals surface area contributed by atoms with Crippen LogP contribution < -0.4 is 21.9 Å². The lowest BCUT2D eigenvalue weighted by molar-refractivity contribution is 0.556. The number of H-pyrrole nitrogens is 1. The average Bonchev–Trinajstić information content (AvgIpc) is 3.21. The first-order chi connectivity index (χ1) is 11.3. The lowest BCUT2D eigenvalue weighted by Crippen LogP contribution is -2.35. The largest absolute Gasteiger partial charge is 0.354 e. The number of aromatic nitrogens is 1. The van der Waals surface area contributed by atoms with E-state index in [1.165, 1.54) is 32.6 Å². The Balaban J connectivity index is 1.76. The molecule has 5 N–H and O–H groups in total. The number of aromatic amines is 1. The highest BCUT2D eigenvalue weighted by molar-refractivity contribution is 7.99. The molecule has 6 heteroatoms. The van der Waals surface area contributed by atoms with Crippen molar-refractivity contribution in [3.63, 3.8) is 0 Å². The third kappa shape index (κ3) is 2.99. The van der Waals surface area contributed by atoms with Crippen molar-refractivity contribution >= 4 is 22.7 Å². The molecular formula is C17H19N5S. The van der Waals surface area contributed by atoms with Gasteiger partial charge in [-0.05, 0) is 24.6 Å². The van der Waals surface area contributed by atoms with Gasteiger partial charge in [-0.1, -0.05) is 42.0 Å². The number of nitrogens with one attached hydrogen (secondary N) is 5. The molecule has 2 heterocycles. The molecule has 3 aromatic rings. The summed E-state index contributed by atoms with van der Waals surface area (Å²) in [5.74, 6) is 0.904. The van der Waals surface area contributed by atoms with Crippen LogP contribution in [0.3, 0.4) is 0 Å². The number of benzene rings is 2. The molecule has 0 radical (unpaired) electrons. The zero-order valence-corrected chi connectivity index (χ0v) is 13.6. The minimum atomic E-state index is 0.179. The fourth-order valence-corrected chi connectivity index (χ4v) is 3.91. The van der Waals surface area contributed by atoms with Crippen LogP contribution in [0.15, 0.2) is 53.4 Å². The molecule has 4 rings (SSSR count). The van der Waals surface area contributed by atoms with Gasteiger partial charge >= 0.3 is 0 Å². The molecule has 0 atom stereocenters. The van der Waals surface area contributed by atoms with Gasteiger partial charge in [-0.15, -0.1) is 11.8 Å². The zero-order valence-electron chi connectivity index (χ0n) is 12.8. The molecule has 0 unspecified atom stereocenters. The predicted molar refractivity (Wildman–Crippen MR) is 95.5 cm³/mol. The second-order valence-electron chi connectivity index (χ2n) is 5.65. The van der Waals surface area contributed by atoms with Gasteiger partial charge in [0.15, 0.2) is 0 Å². The van der Waals surface area contributed by atoms with Crippen LogP contribution in [0.5, 0.6) is 0 Å². The number of thioether (sulfide) groups is 1. The summed E-state index contributed by atoms with van der Waals surface area (Å²) in [6, 6.07) is 17.1. The lowest BCUT2D eigenvalue weighted by Gasteiger charge is -2.10. The van der Waals surface area contributed by atoms with E-state index in [0.29, 0.717) is 0 Å². The normalized spacial score (nSPS) is 15.5. The van der Waals surface area contributed by atoms with Crippen LogP contribution in [-0.2, 0) is 0 Å². The number of hydrogen-bond donors (Lipinski definition) is 5. The molecule has 1 aliphatic rings. The number of fused-ring (bicyclic) bond motifs is 1. The first-order valence-corrected chi connectivity index (χ1v) is 8.61. The maximum absolute atomic E-state index is 3.59. The molecule has 23 heavy (non-hydrogen) atoms. The van der Waals surface area contributed by atoms with E-state index in [4.69, 9.17) is 0 Å². The molecule has 0 spiro atoms. The number of hydrazine groups is 3. The van der Waals surface area contributed by atoms with Crippen molar-refractivity contribution in [1.82, 2.24) is 26.9 Å². The summed E-state index contributed by atoms with van der Waals surface area (Å²) in [7, 11) is 0. The van der Waals surface area contributed by atoms with E-state index in [2.05, 4.69) is 76.3 Å². The fraction of sp³-hybridized carbons (Fsp3) is 0.176. The van der Waals surface area contributed by atoms with E-state index in [1.807, 2.05) is 17.8 Å². The molecule has 0 aliphatic carbocycles. The van der Waals surface area contributed by atoms with Crippen LogP contribution in [0.25, 0.3) is 22.2 Å². The van der Waals surface area contributed by atoms with Crippen molar-refractivity contribution < 1.29 is 0 Å². The van der Waals surface area contributed by atoms with E-state index in [1.54, 1.807) is 0 Å². The van der Waals surface area contributed by atoms with Gasteiger partial charge in [0, 0.05) is 21.6 Å². The molecule has 1 saturated heterocycles. The van der Waals surface area contributed by atoms with Crippen molar-refractivity contribution in [2.75, 3.05) is 5.75 Å². The Morgan fingerprint density at radius 2 is 1.78 bits per heavy atom. The third-order valence-corrected chi connectivity index (χ3v) is 5.13. The monoisotopic (exact) mass is 325 g/mol. The maximum Gasteiger partial charge on any atom is 0.0952 e. The van der Waals surface area contributed by atoms with Gasteiger partial charge in [-0.3, -0.25) is 0 Å². The van der Waals surface area contributed by atoms with Crippen molar-refractivity contribution in [3.05, 3.63) is 54.1 Å². The molecule has 0 bridgehead atoms. The van der Waals surface area contributed by atoms with Crippen molar-refractivity contribution in [2.45, 2.75) is 18.0 Å². The lowest BCUT2D eigenvalue weighted by atomic mass is 10.1. The highest BCUT2D eigenvalue weighted by Crippen LogP contribution is 2.38. The van der Waals surface area contributed by atoms with Gasteiger partial charge in [0.25, 0.3) is 0 Å². The average molecular weight is 325 g/mol. The second kappa shape index (κ2) is 6.35. The summed E-state index contributed by atoms with van der Waals surface area (Å²) >= 11 is 1.85. The summed E-state index contributed by atoms with van der Waals surface area (Å²) in [4.78, 5) is 4.89. The van der Waals surface area contributed by atoms with Crippen LogP contribution >= 0.6 is 11.8 Å². The summed E-state index contributed by atoms with van der Waals surface area (Å²) in [6.45, 7) is 2.14. The van der Waals surface area contributed by atoms with E-state index < -0.39 is 0 Å². The quantitative estimate of drug-likeness (QED) is 0.477. The second-order valence-corrected chi connectivity index (χ2v) is 6.68. The molecule has 5 nitrogen and oxygen atoms in total. The molecular weight excluding hydrogens is 306 g/mol. The topological polar surface area (TPSA) is 63.9 Å². The van der Waals surface area contributed by atoms with E-state index >= 15 is 0 Å². The van der Waals surface area contributed by atoms with Crippen molar-refractivity contribution in [3.8, 4) is 11.3 Å². The van der Waals surface area contributed by atoms with Crippen molar-refractivity contribution in [2.24, 2.45) is 0 Å². The minimum Gasteiger partial charge on any atom is -0.354 e. The van der Waals surface area contributed by atoms with Crippen molar-refractivity contribution in [1.29, 1.82) is 0 Å². The highest BCUT2D eigenvalue weighted by Gasteiger charge is 2.18.